The molecule has 1 N–H and O–H groups in total. The summed E-state index contributed by atoms with van der Waals surface area (Å²) in [7, 11) is 4.26. The van der Waals surface area contributed by atoms with Crippen LogP contribution in [0.15, 0.2) is 59.3 Å². The van der Waals surface area contributed by atoms with Crippen molar-refractivity contribution in [3.05, 3.63) is 112 Å². The Kier molecular flexibility index (Phi) is 8.70. The average Bonchev–Trinajstić information content (AvgIpc) is 3.58. The van der Waals surface area contributed by atoms with Crippen molar-refractivity contribution < 1.29 is 9.90 Å². The van der Waals surface area contributed by atoms with Gasteiger partial charge in [-0.1, -0.05) is 35.3 Å². The van der Waals surface area contributed by atoms with Gasteiger partial charge in [0.25, 0.3) is 0 Å². The van der Waals surface area contributed by atoms with E-state index in [2.05, 4.69) is 65.0 Å². The van der Waals surface area contributed by atoms with Gasteiger partial charge in [-0.2, -0.15) is 0 Å². The monoisotopic (exact) mass is 584 g/mol. The van der Waals surface area contributed by atoms with E-state index in [1.165, 1.54) is 44.7 Å². The van der Waals surface area contributed by atoms with Crippen molar-refractivity contribution in [1.29, 1.82) is 0 Å². The first kappa shape index (κ1) is 27.5. The molecule has 2 aliphatic heterocycles. The number of aliphatic hydroxyl groups is 1. The van der Waals surface area contributed by atoms with Crippen molar-refractivity contribution in [3.63, 3.8) is 0 Å². The number of halogens is 2. The maximum absolute atomic E-state index is 10.9. The molecule has 0 radical (unpaired) electrons. The smallest absolute Gasteiger partial charge is 0.160 e. The highest BCUT2D eigenvalue weighted by Crippen LogP contribution is 2.38. The molecular formula is C30H30Cl2N2O2S2. The highest BCUT2D eigenvalue weighted by atomic mass is 35.5. The molecule has 2 unspecified atom stereocenters. The van der Waals surface area contributed by atoms with E-state index in [-0.39, 0.29) is 18.7 Å². The van der Waals surface area contributed by atoms with Crippen LogP contribution < -0.4 is 0 Å². The number of rotatable bonds is 4. The van der Waals surface area contributed by atoms with Gasteiger partial charge in [-0.3, -0.25) is 14.6 Å². The van der Waals surface area contributed by atoms with E-state index in [1.54, 1.807) is 11.3 Å². The summed E-state index contributed by atoms with van der Waals surface area (Å²) in [5.41, 5.74) is 7.72. The molecular weight excluding hydrogens is 555 g/mol. The number of fused-ring (bicyclic) bond motifs is 2. The van der Waals surface area contributed by atoms with Crippen molar-refractivity contribution in [1.82, 2.24) is 9.80 Å². The third-order valence-electron chi connectivity index (χ3n) is 7.37. The number of carbonyl (C=O) groups excluding carboxylic acids is 1. The first-order chi connectivity index (χ1) is 18.4. The van der Waals surface area contributed by atoms with Gasteiger partial charge in [-0.15, -0.1) is 22.7 Å². The van der Waals surface area contributed by atoms with Gasteiger partial charge in [-0.25, -0.2) is 0 Å². The molecule has 4 heterocycles. The zero-order valence-corrected chi connectivity index (χ0v) is 24.5. The van der Waals surface area contributed by atoms with Gasteiger partial charge < -0.3 is 5.11 Å². The fourth-order valence-corrected chi connectivity index (χ4v) is 7.34. The third kappa shape index (κ3) is 5.77. The maximum atomic E-state index is 10.9. The summed E-state index contributed by atoms with van der Waals surface area (Å²) in [4.78, 5) is 17.3. The van der Waals surface area contributed by atoms with Gasteiger partial charge in [0.2, 0.25) is 0 Å². The zero-order chi connectivity index (χ0) is 26.8. The first-order valence-electron chi connectivity index (χ1n) is 12.6. The average molecular weight is 586 g/mol. The highest BCUT2D eigenvalue weighted by Gasteiger charge is 2.28. The highest BCUT2D eigenvalue weighted by molar-refractivity contribution is 7.11. The molecule has 4 aromatic rings. The van der Waals surface area contributed by atoms with Crippen LogP contribution in [-0.2, 0) is 19.4 Å². The van der Waals surface area contributed by atoms with E-state index in [0.29, 0.717) is 0 Å². The molecule has 0 saturated carbocycles. The standard InChI is InChI=1S/C15H16ClNOS.C15H14ClNOS/c2*1-17-5-4-10-2-3-12(16)7-14(10)15(17)11-6-13(8-18)19-9-11/h2-3,6-7,9,15,18H,4-5,8H2,1H3;2-3,6-9,15H,4-5H2,1H3. The summed E-state index contributed by atoms with van der Waals surface area (Å²) in [6.07, 6.45) is 3.02. The molecule has 2 aliphatic rings. The molecule has 8 heteroatoms. The molecule has 2 aromatic heterocycles. The van der Waals surface area contributed by atoms with Crippen LogP contribution in [0.1, 0.15) is 60.0 Å². The first-order valence-corrected chi connectivity index (χ1v) is 15.1. The lowest BCUT2D eigenvalue weighted by molar-refractivity contribution is 0.112. The Morgan fingerprint density at radius 3 is 1.84 bits per heavy atom. The van der Waals surface area contributed by atoms with Crippen LogP contribution in [-0.4, -0.2) is 48.4 Å². The van der Waals surface area contributed by atoms with Crippen LogP contribution >= 0.6 is 45.9 Å². The third-order valence-corrected chi connectivity index (χ3v) is 9.66. The van der Waals surface area contributed by atoms with Gasteiger partial charge in [0.1, 0.15) is 0 Å². The van der Waals surface area contributed by atoms with E-state index < -0.39 is 0 Å². The topological polar surface area (TPSA) is 43.8 Å². The summed E-state index contributed by atoms with van der Waals surface area (Å²) in [5.74, 6) is 0. The number of hydrogen-bond donors (Lipinski definition) is 1. The number of benzene rings is 2. The van der Waals surface area contributed by atoms with Gasteiger partial charge in [-0.05, 0) is 107 Å². The van der Waals surface area contributed by atoms with Crippen molar-refractivity contribution in [3.8, 4) is 0 Å². The Hall–Kier alpha value is -2.03. The summed E-state index contributed by atoms with van der Waals surface area (Å²) in [6.45, 7) is 2.18. The molecule has 198 valence electrons. The SMILES string of the molecule is CN1CCc2ccc(Cl)cc2C1c1csc(C=O)c1.CN1CCc2ccc(Cl)cc2C1c1csc(CO)c1. The molecule has 0 spiro atoms. The van der Waals surface area contributed by atoms with E-state index in [4.69, 9.17) is 23.2 Å². The van der Waals surface area contributed by atoms with E-state index in [1.807, 2.05) is 18.2 Å². The summed E-state index contributed by atoms with van der Waals surface area (Å²) in [6, 6.07) is 16.8. The Morgan fingerprint density at radius 2 is 1.37 bits per heavy atom. The summed E-state index contributed by atoms with van der Waals surface area (Å²) < 4.78 is 0. The number of thiophene rings is 2. The van der Waals surface area contributed by atoms with Crippen molar-refractivity contribution in [2.75, 3.05) is 27.2 Å². The quantitative estimate of drug-likeness (QED) is 0.256. The van der Waals surface area contributed by atoms with Crippen LogP contribution in [0, 0.1) is 0 Å². The summed E-state index contributed by atoms with van der Waals surface area (Å²) >= 11 is 15.4. The minimum absolute atomic E-state index is 0.115. The number of hydrogen-bond acceptors (Lipinski definition) is 6. The second-order valence-corrected chi connectivity index (χ2v) is 12.7. The largest absolute Gasteiger partial charge is 0.391 e. The lowest BCUT2D eigenvalue weighted by atomic mass is 9.89. The Morgan fingerprint density at radius 1 is 0.842 bits per heavy atom. The number of aldehydes is 1. The minimum atomic E-state index is 0.115. The van der Waals surface area contributed by atoms with Crippen LogP contribution in [0.3, 0.4) is 0 Å². The Labute approximate surface area is 242 Å². The Bertz CT molecular complexity index is 1430. The van der Waals surface area contributed by atoms with E-state index >= 15 is 0 Å². The molecule has 2 aromatic carbocycles. The number of carbonyl (C=O) groups is 1. The number of aliphatic hydroxyl groups excluding tert-OH is 1. The molecule has 4 nitrogen and oxygen atoms in total. The van der Waals surface area contributed by atoms with Crippen molar-refractivity contribution in [2.24, 2.45) is 0 Å². The van der Waals surface area contributed by atoms with E-state index in [0.717, 1.165) is 52.0 Å². The van der Waals surface area contributed by atoms with Gasteiger partial charge in [0.15, 0.2) is 6.29 Å². The number of nitrogens with zero attached hydrogens (tertiary/aromatic N) is 2. The zero-order valence-electron chi connectivity index (χ0n) is 21.4. The Balaban J connectivity index is 0.000000155. The van der Waals surface area contributed by atoms with Crippen LogP contribution in [0.2, 0.25) is 10.0 Å². The normalized spacial score (nSPS) is 19.3. The van der Waals surface area contributed by atoms with Gasteiger partial charge >= 0.3 is 0 Å². The van der Waals surface area contributed by atoms with Gasteiger partial charge in [0, 0.05) is 28.0 Å². The maximum Gasteiger partial charge on any atom is 0.160 e. The van der Waals surface area contributed by atoms with Crippen LogP contribution in [0.4, 0.5) is 0 Å². The van der Waals surface area contributed by atoms with Crippen LogP contribution in [0.25, 0.3) is 0 Å². The van der Waals surface area contributed by atoms with Crippen LogP contribution in [0.5, 0.6) is 0 Å². The molecule has 0 fully saturated rings. The molecule has 38 heavy (non-hydrogen) atoms. The molecule has 0 bridgehead atoms. The van der Waals surface area contributed by atoms with Crippen molar-refractivity contribution in [2.45, 2.75) is 31.5 Å². The second-order valence-electron chi connectivity index (χ2n) is 9.86. The minimum Gasteiger partial charge on any atom is -0.391 e. The fraction of sp³-hybridized carbons (Fsp3) is 0.300. The molecule has 0 aliphatic carbocycles. The fourth-order valence-electron chi connectivity index (χ4n) is 5.49. The second kappa shape index (κ2) is 12.0. The lowest BCUT2D eigenvalue weighted by Crippen LogP contribution is -2.32. The molecule has 6 rings (SSSR count). The predicted octanol–water partition coefficient (Wildman–Crippen LogP) is 7.26. The molecule has 2 atom stereocenters. The number of likely N-dealkylation sites (N-methyl/N-ethyl adjacent to an activating group) is 2. The van der Waals surface area contributed by atoms with E-state index in [9.17, 15) is 9.90 Å². The molecule has 0 saturated heterocycles. The summed E-state index contributed by atoms with van der Waals surface area (Å²) in [5, 5.41) is 15.0. The lowest BCUT2D eigenvalue weighted by Gasteiger charge is -2.34. The predicted molar refractivity (Wildman–Crippen MR) is 159 cm³/mol. The van der Waals surface area contributed by atoms with Gasteiger partial charge in [0.05, 0.1) is 23.6 Å². The molecule has 0 amide bonds. The van der Waals surface area contributed by atoms with Crippen molar-refractivity contribution >= 4 is 52.2 Å².